The molecular weight excluding hydrogens is 275 g/mol. The fraction of sp³-hybridized carbons (Fsp3) is 0.231. The molecule has 0 fully saturated rings. The minimum atomic E-state index is -4.38. The van der Waals surface area contributed by atoms with Gasteiger partial charge in [-0.25, -0.2) is 0 Å². The van der Waals surface area contributed by atoms with E-state index in [2.05, 4.69) is 0 Å². The van der Waals surface area contributed by atoms with Gasteiger partial charge >= 0.3 is 6.18 Å². The molecule has 0 atom stereocenters. The van der Waals surface area contributed by atoms with E-state index in [4.69, 9.17) is 10.2 Å². The average molecular weight is 287 g/mol. The molecule has 2 N–H and O–H groups in total. The van der Waals surface area contributed by atoms with Gasteiger partial charge in [-0.2, -0.15) is 13.2 Å². The van der Waals surface area contributed by atoms with Gasteiger partial charge in [0.1, 0.15) is 5.76 Å². The van der Waals surface area contributed by atoms with Gasteiger partial charge in [-0.1, -0.05) is 6.07 Å². The maximum atomic E-state index is 12.8. The average Bonchev–Trinajstić information content (AvgIpc) is 2.83. The predicted octanol–water partition coefficient (Wildman–Crippen LogP) is 4.31. The molecule has 0 aliphatic carbocycles. The number of nitrogens with two attached hydrogens (primary N) is 1. The second-order valence-electron chi connectivity index (χ2n) is 3.99. The molecule has 0 radical (unpaired) electrons. The van der Waals surface area contributed by atoms with Crippen molar-refractivity contribution in [1.82, 2.24) is 0 Å². The topological polar surface area (TPSA) is 39.2 Å². The van der Waals surface area contributed by atoms with Crippen LogP contribution in [0.2, 0.25) is 0 Å². The quantitative estimate of drug-likeness (QED) is 0.851. The second-order valence-corrected chi connectivity index (χ2v) is 4.97. The van der Waals surface area contributed by atoms with Crippen LogP contribution >= 0.6 is 11.8 Å². The Bertz CT molecular complexity index is 537. The normalized spacial score (nSPS) is 11.7. The summed E-state index contributed by atoms with van der Waals surface area (Å²) in [6.07, 6.45) is -2.84. The first-order valence-electron chi connectivity index (χ1n) is 5.52. The molecule has 19 heavy (non-hydrogen) atoms. The maximum Gasteiger partial charge on any atom is 0.416 e. The summed E-state index contributed by atoms with van der Waals surface area (Å²) < 4.78 is 43.7. The molecule has 1 heterocycles. The molecule has 2 rings (SSSR count). The Kier molecular flexibility index (Phi) is 4.09. The first-order chi connectivity index (χ1) is 8.97. The smallest absolute Gasteiger partial charge is 0.416 e. The summed E-state index contributed by atoms with van der Waals surface area (Å²) in [6.45, 7) is 0. The number of furan rings is 1. The van der Waals surface area contributed by atoms with E-state index in [0.29, 0.717) is 5.75 Å². The highest BCUT2D eigenvalue weighted by molar-refractivity contribution is 7.97. The summed E-state index contributed by atoms with van der Waals surface area (Å²) in [5, 5.41) is 0. The van der Waals surface area contributed by atoms with Crippen LogP contribution in [-0.2, 0) is 17.7 Å². The fourth-order valence-electron chi connectivity index (χ4n) is 1.64. The Morgan fingerprint density at radius 3 is 2.58 bits per heavy atom. The number of hydrogen-bond acceptors (Lipinski definition) is 3. The minimum Gasteiger partial charge on any atom is -0.468 e. The molecule has 6 heteroatoms. The summed E-state index contributed by atoms with van der Waals surface area (Å²) in [7, 11) is 0. The number of benzene rings is 1. The van der Waals surface area contributed by atoms with E-state index in [1.807, 2.05) is 0 Å². The van der Waals surface area contributed by atoms with Crippen LogP contribution in [0.4, 0.5) is 18.9 Å². The SMILES string of the molecule is Nc1ccc(CSCc2ccco2)c(C(F)(F)F)c1. The fourth-order valence-corrected chi connectivity index (χ4v) is 2.58. The summed E-state index contributed by atoms with van der Waals surface area (Å²) in [4.78, 5) is 0. The van der Waals surface area contributed by atoms with E-state index < -0.39 is 11.7 Å². The zero-order valence-electron chi connectivity index (χ0n) is 9.91. The molecule has 102 valence electrons. The number of rotatable bonds is 4. The van der Waals surface area contributed by atoms with E-state index >= 15 is 0 Å². The van der Waals surface area contributed by atoms with Gasteiger partial charge in [0.2, 0.25) is 0 Å². The van der Waals surface area contributed by atoms with Gasteiger partial charge < -0.3 is 10.2 Å². The summed E-state index contributed by atoms with van der Waals surface area (Å²) in [5.74, 6) is 1.54. The maximum absolute atomic E-state index is 12.8. The van der Waals surface area contributed by atoms with Crippen LogP contribution in [0.15, 0.2) is 41.0 Å². The summed E-state index contributed by atoms with van der Waals surface area (Å²) >= 11 is 1.37. The van der Waals surface area contributed by atoms with Crippen LogP contribution in [0.25, 0.3) is 0 Å². The molecule has 1 aromatic carbocycles. The highest BCUT2D eigenvalue weighted by atomic mass is 32.2. The van der Waals surface area contributed by atoms with Gasteiger partial charge in [-0.15, -0.1) is 11.8 Å². The second kappa shape index (κ2) is 5.61. The molecule has 0 saturated carbocycles. The Morgan fingerprint density at radius 1 is 1.16 bits per heavy atom. The molecule has 0 aliphatic rings. The van der Waals surface area contributed by atoms with Crippen molar-refractivity contribution in [3.8, 4) is 0 Å². The van der Waals surface area contributed by atoms with E-state index in [0.717, 1.165) is 11.8 Å². The lowest BCUT2D eigenvalue weighted by Crippen LogP contribution is -2.09. The minimum absolute atomic E-state index is 0.118. The van der Waals surface area contributed by atoms with E-state index in [1.54, 1.807) is 18.4 Å². The summed E-state index contributed by atoms with van der Waals surface area (Å²) in [5.41, 5.74) is 5.09. The van der Waals surface area contributed by atoms with Crippen molar-refractivity contribution >= 4 is 17.4 Å². The number of halogens is 3. The first-order valence-corrected chi connectivity index (χ1v) is 6.68. The van der Waals surface area contributed by atoms with Crippen molar-refractivity contribution in [2.45, 2.75) is 17.7 Å². The van der Waals surface area contributed by atoms with Crippen LogP contribution in [0, 0.1) is 0 Å². The van der Waals surface area contributed by atoms with Crippen molar-refractivity contribution in [3.63, 3.8) is 0 Å². The zero-order chi connectivity index (χ0) is 13.9. The van der Waals surface area contributed by atoms with Crippen LogP contribution in [0.5, 0.6) is 0 Å². The zero-order valence-corrected chi connectivity index (χ0v) is 10.7. The number of thioether (sulfide) groups is 1. The number of hydrogen-bond donors (Lipinski definition) is 1. The van der Waals surface area contributed by atoms with Crippen molar-refractivity contribution in [3.05, 3.63) is 53.5 Å². The van der Waals surface area contributed by atoms with Gasteiger partial charge in [-0.05, 0) is 29.8 Å². The molecular formula is C13H12F3NOS. The third kappa shape index (κ3) is 3.70. The van der Waals surface area contributed by atoms with Gasteiger partial charge in [0.05, 0.1) is 17.6 Å². The van der Waals surface area contributed by atoms with Crippen molar-refractivity contribution in [1.29, 1.82) is 0 Å². The van der Waals surface area contributed by atoms with Gasteiger partial charge in [0.15, 0.2) is 0 Å². The molecule has 0 amide bonds. The van der Waals surface area contributed by atoms with E-state index in [9.17, 15) is 13.2 Å². The summed E-state index contributed by atoms with van der Waals surface area (Å²) in [6, 6.07) is 7.43. The Labute approximate surface area is 112 Å². The van der Waals surface area contributed by atoms with Crippen molar-refractivity contribution in [2.24, 2.45) is 0 Å². The largest absolute Gasteiger partial charge is 0.468 e. The lowest BCUT2D eigenvalue weighted by molar-refractivity contribution is -0.138. The van der Waals surface area contributed by atoms with Crippen molar-refractivity contribution < 1.29 is 17.6 Å². The molecule has 2 aromatic rings. The molecule has 0 spiro atoms. The Balaban J connectivity index is 2.07. The van der Waals surface area contributed by atoms with E-state index in [1.165, 1.54) is 23.9 Å². The highest BCUT2D eigenvalue weighted by Gasteiger charge is 2.33. The molecule has 0 saturated heterocycles. The first kappa shape index (κ1) is 13.9. The number of nitrogen functional groups attached to an aromatic ring is 1. The highest BCUT2D eigenvalue weighted by Crippen LogP contribution is 2.35. The van der Waals surface area contributed by atoms with Crippen LogP contribution in [-0.4, -0.2) is 0 Å². The predicted molar refractivity (Wildman–Crippen MR) is 69.6 cm³/mol. The lowest BCUT2D eigenvalue weighted by Gasteiger charge is -2.13. The van der Waals surface area contributed by atoms with Crippen LogP contribution < -0.4 is 5.73 Å². The third-order valence-electron chi connectivity index (χ3n) is 2.52. The monoisotopic (exact) mass is 287 g/mol. The third-order valence-corrected chi connectivity index (χ3v) is 3.53. The molecule has 2 nitrogen and oxygen atoms in total. The Hall–Kier alpha value is -1.56. The van der Waals surface area contributed by atoms with Gasteiger partial charge in [0.25, 0.3) is 0 Å². The van der Waals surface area contributed by atoms with Gasteiger partial charge in [0, 0.05) is 11.4 Å². The Morgan fingerprint density at radius 2 is 1.95 bits per heavy atom. The number of alkyl halides is 3. The van der Waals surface area contributed by atoms with Crippen LogP contribution in [0.3, 0.4) is 0 Å². The van der Waals surface area contributed by atoms with Crippen molar-refractivity contribution in [2.75, 3.05) is 5.73 Å². The van der Waals surface area contributed by atoms with Crippen LogP contribution in [0.1, 0.15) is 16.9 Å². The molecule has 0 aliphatic heterocycles. The number of anilines is 1. The molecule has 1 aromatic heterocycles. The van der Waals surface area contributed by atoms with E-state index in [-0.39, 0.29) is 17.0 Å². The molecule has 0 bridgehead atoms. The molecule has 0 unspecified atom stereocenters. The lowest BCUT2D eigenvalue weighted by atomic mass is 10.1. The standard InChI is InChI=1S/C13H12F3NOS/c14-13(15,16)12-6-10(17)4-3-9(12)7-19-8-11-2-1-5-18-11/h1-6H,7-8,17H2. The van der Waals surface area contributed by atoms with Gasteiger partial charge in [-0.3, -0.25) is 0 Å².